The number of aliphatic hydroxyl groups is 1. The molecule has 0 heterocycles. The molecule has 4 aliphatic carbocycles. The van der Waals surface area contributed by atoms with Crippen LogP contribution in [0.2, 0.25) is 0 Å². The highest BCUT2D eigenvalue weighted by Gasteiger charge is 2.61. The number of oxime groups is 1. The number of ketones is 1. The van der Waals surface area contributed by atoms with Crippen LogP contribution in [0.3, 0.4) is 0 Å². The first-order valence-electron chi connectivity index (χ1n) is 10.4. The molecule has 2 N–H and O–H groups in total. The van der Waals surface area contributed by atoms with Gasteiger partial charge < -0.3 is 15.1 Å². The molecule has 0 aromatic rings. The number of carboxylic acid groups (broad SMARTS) is 1. The summed E-state index contributed by atoms with van der Waals surface area (Å²) in [5.74, 6) is 0.953. The quantitative estimate of drug-likeness (QED) is 0.737. The molecule has 0 bridgehead atoms. The molecule has 0 amide bonds. The SMILES string of the molecule is C[C@]12CC/C(=N/OCC(=O)O)CC1[C@H](O)C[C@@H]1[C@@H]2CC[C@]2(C)C(=O)CC[C@@H]12. The van der Waals surface area contributed by atoms with E-state index in [0.717, 1.165) is 44.2 Å². The molecule has 0 aromatic heterocycles. The fraction of sp³-hybridized carbons (Fsp3) is 0.857. The first kappa shape index (κ1) is 18.9. The van der Waals surface area contributed by atoms with E-state index in [1.807, 2.05) is 0 Å². The number of hydrogen-bond donors (Lipinski definition) is 2. The Kier molecular flexibility index (Phi) is 4.60. The second-order valence-electron chi connectivity index (χ2n) is 9.74. The van der Waals surface area contributed by atoms with Crippen LogP contribution in [0.1, 0.15) is 65.2 Å². The number of fused-ring (bicyclic) bond motifs is 5. The van der Waals surface area contributed by atoms with Crippen molar-refractivity contribution in [2.75, 3.05) is 6.61 Å². The molecule has 4 rings (SSSR count). The summed E-state index contributed by atoms with van der Waals surface area (Å²) in [5.41, 5.74) is 0.755. The standard InChI is InChI=1S/C21H31NO5/c1-20-7-5-12(22-27-11-19(25)26)9-16(20)17(23)10-13-14-3-4-18(24)21(14,2)8-6-15(13)20/h13-17,23H,3-11H2,1-2H3,(H,25,26)/b22-12-/t13-,14-,15-,16?,17+,20+,21-/m0/s1. The van der Waals surface area contributed by atoms with Crippen molar-refractivity contribution in [3.8, 4) is 0 Å². The maximum atomic E-state index is 12.5. The van der Waals surface area contributed by atoms with Crippen LogP contribution in [0, 0.1) is 34.5 Å². The van der Waals surface area contributed by atoms with E-state index < -0.39 is 12.6 Å². The van der Waals surface area contributed by atoms with Gasteiger partial charge in [0.1, 0.15) is 5.78 Å². The molecule has 4 saturated carbocycles. The van der Waals surface area contributed by atoms with Gasteiger partial charge in [0.15, 0.2) is 0 Å². The lowest BCUT2D eigenvalue weighted by Crippen LogP contribution is -2.57. The van der Waals surface area contributed by atoms with E-state index in [2.05, 4.69) is 19.0 Å². The average molecular weight is 377 g/mol. The van der Waals surface area contributed by atoms with Gasteiger partial charge in [0, 0.05) is 11.8 Å². The number of aliphatic hydroxyl groups excluding tert-OH is 1. The molecule has 0 aliphatic heterocycles. The third kappa shape index (κ3) is 2.91. The van der Waals surface area contributed by atoms with Crippen LogP contribution in [0.5, 0.6) is 0 Å². The van der Waals surface area contributed by atoms with E-state index in [0.29, 0.717) is 36.4 Å². The molecule has 6 nitrogen and oxygen atoms in total. The topological polar surface area (TPSA) is 96.2 Å². The average Bonchev–Trinajstić information content (AvgIpc) is 2.91. The molecule has 1 unspecified atom stereocenters. The Labute approximate surface area is 160 Å². The molecule has 0 spiro atoms. The summed E-state index contributed by atoms with van der Waals surface area (Å²) in [6.07, 6.45) is 6.57. The molecule has 0 aromatic carbocycles. The third-order valence-corrected chi connectivity index (χ3v) is 8.61. The van der Waals surface area contributed by atoms with Crippen molar-refractivity contribution in [1.29, 1.82) is 0 Å². The summed E-state index contributed by atoms with van der Waals surface area (Å²) in [7, 11) is 0. The van der Waals surface area contributed by atoms with Crippen LogP contribution in [0.15, 0.2) is 5.16 Å². The van der Waals surface area contributed by atoms with Gasteiger partial charge in [-0.05, 0) is 74.0 Å². The van der Waals surface area contributed by atoms with Gasteiger partial charge in [-0.2, -0.15) is 0 Å². The first-order chi connectivity index (χ1) is 12.8. The van der Waals surface area contributed by atoms with Crippen LogP contribution in [-0.4, -0.2) is 40.4 Å². The van der Waals surface area contributed by atoms with Crippen LogP contribution >= 0.6 is 0 Å². The van der Waals surface area contributed by atoms with Crippen molar-refractivity contribution >= 4 is 17.5 Å². The van der Waals surface area contributed by atoms with Gasteiger partial charge in [0.2, 0.25) is 6.61 Å². The molecule has 0 radical (unpaired) electrons. The Balaban J connectivity index is 1.54. The monoisotopic (exact) mass is 377 g/mol. The van der Waals surface area contributed by atoms with E-state index in [-0.39, 0.29) is 22.9 Å². The van der Waals surface area contributed by atoms with Gasteiger partial charge in [-0.3, -0.25) is 4.79 Å². The molecular formula is C21H31NO5. The smallest absolute Gasteiger partial charge is 0.344 e. The number of nitrogens with zero attached hydrogens (tertiary/aromatic N) is 1. The Bertz CT molecular complexity index is 675. The van der Waals surface area contributed by atoms with Gasteiger partial charge in [-0.25, -0.2) is 4.79 Å². The molecular weight excluding hydrogens is 346 g/mol. The zero-order chi connectivity index (χ0) is 19.4. The lowest BCUT2D eigenvalue weighted by atomic mass is 9.44. The molecule has 6 heteroatoms. The highest BCUT2D eigenvalue weighted by molar-refractivity contribution is 5.87. The minimum absolute atomic E-state index is 0.0567. The van der Waals surface area contributed by atoms with Gasteiger partial charge in [-0.15, -0.1) is 0 Å². The number of rotatable bonds is 3. The Morgan fingerprint density at radius 3 is 2.70 bits per heavy atom. The van der Waals surface area contributed by atoms with Crippen molar-refractivity contribution in [2.24, 2.45) is 39.7 Å². The number of hydrogen-bond acceptors (Lipinski definition) is 5. The number of carbonyl (C=O) groups excluding carboxylic acids is 1. The van der Waals surface area contributed by atoms with Crippen molar-refractivity contribution in [1.82, 2.24) is 0 Å². The lowest BCUT2D eigenvalue weighted by Gasteiger charge is -2.60. The van der Waals surface area contributed by atoms with E-state index in [1.165, 1.54) is 0 Å². The van der Waals surface area contributed by atoms with Crippen LogP contribution < -0.4 is 0 Å². The lowest BCUT2D eigenvalue weighted by molar-refractivity contribution is -0.153. The van der Waals surface area contributed by atoms with E-state index in [9.17, 15) is 14.7 Å². The molecule has 0 saturated heterocycles. The fourth-order valence-electron chi connectivity index (χ4n) is 7.13. The number of carboxylic acids is 1. The van der Waals surface area contributed by atoms with Crippen molar-refractivity contribution in [3.63, 3.8) is 0 Å². The zero-order valence-corrected chi connectivity index (χ0v) is 16.3. The number of carbonyl (C=O) groups is 2. The van der Waals surface area contributed by atoms with Gasteiger partial charge >= 0.3 is 5.97 Å². The highest BCUT2D eigenvalue weighted by Crippen LogP contribution is 2.65. The predicted octanol–water partition coefficient (Wildman–Crippen LogP) is 3.03. The molecule has 4 aliphatic rings. The molecule has 4 fully saturated rings. The maximum absolute atomic E-state index is 12.5. The molecule has 7 atom stereocenters. The molecule has 150 valence electrons. The van der Waals surface area contributed by atoms with Crippen molar-refractivity contribution < 1.29 is 24.6 Å². The number of Topliss-reactive ketones (excluding diaryl/α,β-unsaturated/α-hetero) is 1. The Morgan fingerprint density at radius 1 is 1.19 bits per heavy atom. The number of aliphatic carboxylic acids is 1. The minimum Gasteiger partial charge on any atom is -0.479 e. The van der Waals surface area contributed by atoms with Crippen LogP contribution in [-0.2, 0) is 14.4 Å². The zero-order valence-electron chi connectivity index (χ0n) is 16.3. The van der Waals surface area contributed by atoms with Crippen LogP contribution in [0.4, 0.5) is 0 Å². The van der Waals surface area contributed by atoms with Crippen molar-refractivity contribution in [3.05, 3.63) is 0 Å². The van der Waals surface area contributed by atoms with Gasteiger partial charge in [0.25, 0.3) is 0 Å². The van der Waals surface area contributed by atoms with Gasteiger partial charge in [0.05, 0.1) is 11.8 Å². The van der Waals surface area contributed by atoms with Gasteiger partial charge in [-0.1, -0.05) is 19.0 Å². The first-order valence-corrected chi connectivity index (χ1v) is 10.4. The summed E-state index contributed by atoms with van der Waals surface area (Å²) < 4.78 is 0. The minimum atomic E-state index is -1.03. The van der Waals surface area contributed by atoms with E-state index in [4.69, 9.17) is 9.94 Å². The van der Waals surface area contributed by atoms with E-state index in [1.54, 1.807) is 0 Å². The predicted molar refractivity (Wildman–Crippen MR) is 99.1 cm³/mol. The Morgan fingerprint density at radius 2 is 1.96 bits per heavy atom. The largest absolute Gasteiger partial charge is 0.479 e. The third-order valence-electron chi connectivity index (χ3n) is 8.61. The second kappa shape index (κ2) is 6.57. The summed E-state index contributed by atoms with van der Waals surface area (Å²) in [6, 6.07) is 0. The van der Waals surface area contributed by atoms with Crippen molar-refractivity contribution in [2.45, 2.75) is 71.3 Å². The summed E-state index contributed by atoms with van der Waals surface area (Å²) >= 11 is 0. The second-order valence-corrected chi connectivity index (χ2v) is 9.74. The summed E-state index contributed by atoms with van der Waals surface area (Å²) in [6.45, 7) is 4.06. The maximum Gasteiger partial charge on any atom is 0.344 e. The summed E-state index contributed by atoms with van der Waals surface area (Å²) in [5, 5.41) is 23.8. The van der Waals surface area contributed by atoms with E-state index >= 15 is 0 Å². The molecule has 27 heavy (non-hydrogen) atoms. The van der Waals surface area contributed by atoms with Crippen LogP contribution in [0.25, 0.3) is 0 Å². The Hall–Kier alpha value is -1.43. The fourth-order valence-corrected chi connectivity index (χ4v) is 7.13. The summed E-state index contributed by atoms with van der Waals surface area (Å²) in [4.78, 5) is 28.1. The highest BCUT2D eigenvalue weighted by atomic mass is 16.6. The normalized spacial score (nSPS) is 47.9.